The van der Waals surface area contributed by atoms with Gasteiger partial charge in [0, 0.05) is 6.54 Å². The number of nitrogens with zero attached hydrogens (tertiary/aromatic N) is 3. The van der Waals surface area contributed by atoms with Crippen LogP contribution in [-0.2, 0) is 6.61 Å². The molecule has 7 heteroatoms. The van der Waals surface area contributed by atoms with Crippen molar-refractivity contribution < 1.29 is 14.3 Å². The molecule has 1 aromatic carbocycles. The Morgan fingerprint density at radius 2 is 2.09 bits per heavy atom. The van der Waals surface area contributed by atoms with Crippen molar-refractivity contribution in [2.24, 2.45) is 0 Å². The predicted molar refractivity (Wildman–Crippen MR) is 79.1 cm³/mol. The van der Waals surface area contributed by atoms with Crippen LogP contribution in [0.4, 0.5) is 4.39 Å². The summed E-state index contributed by atoms with van der Waals surface area (Å²) < 4.78 is 13.7. The van der Waals surface area contributed by atoms with E-state index in [1.54, 1.807) is 12.1 Å². The van der Waals surface area contributed by atoms with E-state index in [1.807, 2.05) is 0 Å². The molecule has 2 rings (SSSR count). The number of carbonyl (C=O) groups is 1. The van der Waals surface area contributed by atoms with E-state index >= 15 is 0 Å². The quantitative estimate of drug-likeness (QED) is 0.765. The van der Waals surface area contributed by atoms with E-state index in [4.69, 9.17) is 0 Å². The van der Waals surface area contributed by atoms with Gasteiger partial charge in [-0.15, -0.1) is 15.0 Å². The molecule has 0 saturated carbocycles. The average molecular weight is 306 g/mol. The van der Waals surface area contributed by atoms with Crippen molar-refractivity contribution in [1.82, 2.24) is 20.3 Å². The maximum Gasteiger partial charge on any atom is 0.273 e. The molecule has 0 unspecified atom stereocenters. The molecular formula is C15H19FN4O2. The standard InChI is InChI=1S/C15H19FN4O2/c1-2-3-6-9-17-15(22)14-12(10-21)18-20(19-14)13-8-5-4-7-11(13)16/h4-5,7-8,21H,2-3,6,9-10H2,1H3,(H,17,22). The van der Waals surface area contributed by atoms with Crippen LogP contribution in [0.5, 0.6) is 0 Å². The van der Waals surface area contributed by atoms with Crippen molar-refractivity contribution in [3.05, 3.63) is 41.5 Å². The molecule has 2 aromatic rings. The summed E-state index contributed by atoms with van der Waals surface area (Å²) in [4.78, 5) is 13.1. The highest BCUT2D eigenvalue weighted by Gasteiger charge is 2.19. The summed E-state index contributed by atoms with van der Waals surface area (Å²) in [6.45, 7) is 2.17. The van der Waals surface area contributed by atoms with Crippen molar-refractivity contribution >= 4 is 5.91 Å². The fourth-order valence-electron chi connectivity index (χ4n) is 2.00. The Labute approximate surface area is 128 Å². The third-order valence-corrected chi connectivity index (χ3v) is 3.18. The Morgan fingerprint density at radius 3 is 2.77 bits per heavy atom. The zero-order valence-corrected chi connectivity index (χ0v) is 12.4. The van der Waals surface area contributed by atoms with Gasteiger partial charge in [0.2, 0.25) is 0 Å². The second kappa shape index (κ2) is 7.65. The van der Waals surface area contributed by atoms with E-state index < -0.39 is 18.3 Å². The van der Waals surface area contributed by atoms with Crippen LogP contribution in [0.2, 0.25) is 0 Å². The molecule has 1 aromatic heterocycles. The van der Waals surface area contributed by atoms with Crippen molar-refractivity contribution in [2.75, 3.05) is 6.54 Å². The number of unbranched alkanes of at least 4 members (excludes halogenated alkanes) is 2. The van der Waals surface area contributed by atoms with E-state index in [0.717, 1.165) is 24.1 Å². The van der Waals surface area contributed by atoms with Crippen LogP contribution in [-0.4, -0.2) is 32.6 Å². The number of aromatic nitrogens is 3. The summed E-state index contributed by atoms with van der Waals surface area (Å²) in [6, 6.07) is 5.97. The second-order valence-electron chi connectivity index (χ2n) is 4.86. The maximum atomic E-state index is 13.7. The van der Waals surface area contributed by atoms with Crippen LogP contribution in [0.25, 0.3) is 5.69 Å². The van der Waals surface area contributed by atoms with Gasteiger partial charge in [-0.05, 0) is 18.6 Å². The molecule has 0 aliphatic carbocycles. The normalized spacial score (nSPS) is 10.7. The minimum absolute atomic E-state index is 0.0160. The maximum absolute atomic E-state index is 13.7. The smallest absolute Gasteiger partial charge is 0.273 e. The molecule has 0 aliphatic heterocycles. The van der Waals surface area contributed by atoms with Crippen LogP contribution < -0.4 is 5.32 Å². The van der Waals surface area contributed by atoms with Crippen LogP contribution >= 0.6 is 0 Å². The fourth-order valence-corrected chi connectivity index (χ4v) is 2.00. The number of carbonyl (C=O) groups excluding carboxylic acids is 1. The minimum Gasteiger partial charge on any atom is -0.390 e. The third-order valence-electron chi connectivity index (χ3n) is 3.18. The van der Waals surface area contributed by atoms with Gasteiger partial charge in [-0.2, -0.15) is 0 Å². The zero-order chi connectivity index (χ0) is 15.9. The Bertz CT molecular complexity index is 642. The van der Waals surface area contributed by atoms with Gasteiger partial charge in [-0.1, -0.05) is 31.9 Å². The summed E-state index contributed by atoms with van der Waals surface area (Å²) in [5.41, 5.74) is 0.265. The van der Waals surface area contributed by atoms with E-state index in [0.29, 0.717) is 6.54 Å². The highest BCUT2D eigenvalue weighted by atomic mass is 19.1. The van der Waals surface area contributed by atoms with E-state index in [9.17, 15) is 14.3 Å². The summed E-state index contributed by atoms with van der Waals surface area (Å²) in [6.07, 6.45) is 2.95. The molecule has 0 spiro atoms. The molecule has 0 bridgehead atoms. The number of rotatable bonds is 7. The lowest BCUT2D eigenvalue weighted by atomic mass is 10.2. The number of para-hydroxylation sites is 1. The Balaban J connectivity index is 2.18. The number of aliphatic hydroxyl groups is 1. The molecule has 0 aliphatic rings. The van der Waals surface area contributed by atoms with Crippen molar-refractivity contribution in [1.29, 1.82) is 0 Å². The van der Waals surface area contributed by atoms with Crippen LogP contribution in [0.15, 0.2) is 24.3 Å². The Hall–Kier alpha value is -2.28. The average Bonchev–Trinajstić information content (AvgIpc) is 2.96. The van der Waals surface area contributed by atoms with E-state index in [2.05, 4.69) is 22.4 Å². The van der Waals surface area contributed by atoms with Gasteiger partial charge in [-0.3, -0.25) is 4.79 Å². The summed E-state index contributed by atoms with van der Waals surface area (Å²) in [7, 11) is 0. The number of amides is 1. The van der Waals surface area contributed by atoms with Gasteiger partial charge in [0.1, 0.15) is 11.4 Å². The van der Waals surface area contributed by atoms with Gasteiger partial charge in [0.05, 0.1) is 6.61 Å². The molecule has 2 N–H and O–H groups in total. The first kappa shape index (κ1) is 16.1. The third kappa shape index (κ3) is 3.67. The first-order chi connectivity index (χ1) is 10.7. The SMILES string of the molecule is CCCCCNC(=O)c1nn(-c2ccccc2F)nc1CO. The molecule has 0 atom stereocenters. The Kier molecular flexibility index (Phi) is 5.60. The fraction of sp³-hybridized carbons (Fsp3) is 0.400. The molecule has 22 heavy (non-hydrogen) atoms. The minimum atomic E-state index is -0.503. The number of nitrogens with one attached hydrogen (secondary N) is 1. The molecular weight excluding hydrogens is 287 g/mol. The Morgan fingerprint density at radius 1 is 1.32 bits per heavy atom. The lowest BCUT2D eigenvalue weighted by molar-refractivity contribution is 0.0944. The van der Waals surface area contributed by atoms with Crippen LogP contribution in [0.3, 0.4) is 0 Å². The monoisotopic (exact) mass is 306 g/mol. The number of benzene rings is 1. The van der Waals surface area contributed by atoms with Crippen LogP contribution in [0, 0.1) is 5.82 Å². The number of hydrogen-bond donors (Lipinski definition) is 2. The van der Waals surface area contributed by atoms with Gasteiger partial charge in [0.15, 0.2) is 11.5 Å². The number of aliphatic hydroxyl groups excluding tert-OH is 1. The first-order valence-corrected chi connectivity index (χ1v) is 7.27. The summed E-state index contributed by atoms with van der Waals surface area (Å²) in [5.74, 6) is -0.917. The summed E-state index contributed by atoms with van der Waals surface area (Å²) >= 11 is 0. The van der Waals surface area contributed by atoms with Gasteiger partial charge < -0.3 is 10.4 Å². The van der Waals surface area contributed by atoms with Gasteiger partial charge in [-0.25, -0.2) is 4.39 Å². The van der Waals surface area contributed by atoms with Gasteiger partial charge >= 0.3 is 0 Å². The van der Waals surface area contributed by atoms with E-state index in [-0.39, 0.29) is 17.1 Å². The zero-order valence-electron chi connectivity index (χ0n) is 12.4. The highest BCUT2D eigenvalue weighted by Crippen LogP contribution is 2.13. The largest absolute Gasteiger partial charge is 0.390 e. The number of halogens is 1. The second-order valence-corrected chi connectivity index (χ2v) is 4.86. The highest BCUT2D eigenvalue weighted by molar-refractivity contribution is 5.93. The molecule has 1 amide bonds. The van der Waals surface area contributed by atoms with E-state index in [1.165, 1.54) is 12.1 Å². The molecule has 0 saturated heterocycles. The topological polar surface area (TPSA) is 80.0 Å². The van der Waals surface area contributed by atoms with Crippen molar-refractivity contribution in [3.63, 3.8) is 0 Å². The molecule has 0 fully saturated rings. The molecule has 6 nitrogen and oxygen atoms in total. The summed E-state index contributed by atoms with van der Waals surface area (Å²) in [5, 5.41) is 20.0. The van der Waals surface area contributed by atoms with Crippen molar-refractivity contribution in [2.45, 2.75) is 32.8 Å². The van der Waals surface area contributed by atoms with Crippen molar-refractivity contribution in [3.8, 4) is 5.69 Å². The van der Waals surface area contributed by atoms with Crippen LogP contribution in [0.1, 0.15) is 42.4 Å². The first-order valence-electron chi connectivity index (χ1n) is 7.27. The predicted octanol–water partition coefficient (Wildman–Crippen LogP) is 1.82. The lowest BCUT2D eigenvalue weighted by Crippen LogP contribution is -2.26. The number of hydrogen-bond acceptors (Lipinski definition) is 4. The lowest BCUT2D eigenvalue weighted by Gasteiger charge is -2.02. The molecule has 118 valence electrons. The molecule has 1 heterocycles. The van der Waals surface area contributed by atoms with Gasteiger partial charge in [0.25, 0.3) is 5.91 Å². The molecule has 0 radical (unpaired) electrons.